The van der Waals surface area contributed by atoms with Gasteiger partial charge in [-0.25, -0.2) is 4.79 Å². The van der Waals surface area contributed by atoms with E-state index >= 15 is 0 Å². The Balaban J connectivity index is 2.55. The lowest BCUT2D eigenvalue weighted by Gasteiger charge is -2.32. The maximum absolute atomic E-state index is 12.1. The lowest BCUT2D eigenvalue weighted by atomic mass is 10.2. The molecule has 1 saturated heterocycles. The predicted octanol–water partition coefficient (Wildman–Crippen LogP) is 1.52. The molecule has 16 heavy (non-hydrogen) atoms. The van der Waals surface area contributed by atoms with E-state index in [1.54, 1.807) is 4.90 Å². The minimum atomic E-state index is 0.145. The number of nitrogens with zero attached hydrogens (tertiary/aromatic N) is 2. The average Bonchev–Trinajstić information content (AvgIpc) is 2.76. The molecule has 0 saturated carbocycles. The summed E-state index contributed by atoms with van der Waals surface area (Å²) in [6.45, 7) is 8.85. The van der Waals surface area contributed by atoms with Crippen molar-refractivity contribution in [3.05, 3.63) is 0 Å². The third kappa shape index (κ3) is 3.37. The van der Waals surface area contributed by atoms with Crippen LogP contribution in [0, 0.1) is 0 Å². The first-order valence-corrected chi connectivity index (χ1v) is 6.31. The van der Waals surface area contributed by atoms with E-state index in [1.807, 2.05) is 18.9 Å². The molecule has 0 spiro atoms. The van der Waals surface area contributed by atoms with E-state index in [2.05, 4.69) is 19.2 Å². The Morgan fingerprint density at radius 1 is 1.50 bits per heavy atom. The molecule has 0 aromatic carbocycles. The van der Waals surface area contributed by atoms with Gasteiger partial charge in [0.25, 0.3) is 0 Å². The summed E-state index contributed by atoms with van der Waals surface area (Å²) < 4.78 is 0. The van der Waals surface area contributed by atoms with E-state index in [0.29, 0.717) is 6.04 Å². The normalized spacial score (nSPS) is 20.2. The van der Waals surface area contributed by atoms with E-state index < -0.39 is 0 Å². The van der Waals surface area contributed by atoms with Gasteiger partial charge in [-0.15, -0.1) is 0 Å². The molecule has 1 aliphatic rings. The quantitative estimate of drug-likeness (QED) is 0.790. The smallest absolute Gasteiger partial charge is 0.320 e. The molecule has 1 fully saturated rings. The summed E-state index contributed by atoms with van der Waals surface area (Å²) >= 11 is 0. The van der Waals surface area contributed by atoms with Crippen molar-refractivity contribution in [1.29, 1.82) is 0 Å². The Bertz CT molecular complexity index is 224. The van der Waals surface area contributed by atoms with E-state index in [1.165, 1.54) is 12.8 Å². The molecule has 1 N–H and O–H groups in total. The summed E-state index contributed by atoms with van der Waals surface area (Å²) in [4.78, 5) is 15.9. The van der Waals surface area contributed by atoms with E-state index in [-0.39, 0.29) is 12.1 Å². The largest absolute Gasteiger partial charge is 0.328 e. The SMILES string of the molecule is CCN(C)C(=O)N(CC1CCCN1)C(C)C. The minimum Gasteiger partial charge on any atom is -0.328 e. The van der Waals surface area contributed by atoms with Gasteiger partial charge in [0, 0.05) is 32.2 Å². The van der Waals surface area contributed by atoms with Crippen LogP contribution in [0.5, 0.6) is 0 Å². The van der Waals surface area contributed by atoms with E-state index in [4.69, 9.17) is 0 Å². The number of nitrogens with one attached hydrogen (secondary N) is 1. The molecule has 1 rings (SSSR count). The van der Waals surface area contributed by atoms with Gasteiger partial charge in [0.15, 0.2) is 0 Å². The van der Waals surface area contributed by atoms with Crippen LogP contribution < -0.4 is 5.32 Å². The van der Waals surface area contributed by atoms with Gasteiger partial charge in [0.1, 0.15) is 0 Å². The fourth-order valence-electron chi connectivity index (χ4n) is 2.01. The molecule has 4 heteroatoms. The predicted molar refractivity (Wildman–Crippen MR) is 66.6 cm³/mol. The Morgan fingerprint density at radius 2 is 2.19 bits per heavy atom. The fraction of sp³-hybridized carbons (Fsp3) is 0.917. The van der Waals surface area contributed by atoms with Crippen LogP contribution in [0.2, 0.25) is 0 Å². The van der Waals surface area contributed by atoms with Crippen molar-refractivity contribution in [3.8, 4) is 0 Å². The zero-order chi connectivity index (χ0) is 12.1. The number of urea groups is 1. The van der Waals surface area contributed by atoms with Crippen LogP contribution >= 0.6 is 0 Å². The first-order valence-electron chi connectivity index (χ1n) is 6.31. The zero-order valence-electron chi connectivity index (χ0n) is 11.0. The Morgan fingerprint density at radius 3 is 2.62 bits per heavy atom. The van der Waals surface area contributed by atoms with Crippen molar-refractivity contribution in [2.24, 2.45) is 0 Å². The lowest BCUT2D eigenvalue weighted by molar-refractivity contribution is 0.145. The molecule has 0 aliphatic carbocycles. The summed E-state index contributed by atoms with van der Waals surface area (Å²) in [6, 6.07) is 0.895. The molecule has 0 bridgehead atoms. The molecule has 94 valence electrons. The van der Waals surface area contributed by atoms with E-state index in [0.717, 1.165) is 19.6 Å². The van der Waals surface area contributed by atoms with Crippen molar-refractivity contribution >= 4 is 6.03 Å². The maximum Gasteiger partial charge on any atom is 0.320 e. The standard InChI is InChI=1S/C12H25N3O/c1-5-14(4)12(16)15(10(2)3)9-11-7-6-8-13-11/h10-11,13H,5-9H2,1-4H3. The van der Waals surface area contributed by atoms with Crippen LogP contribution in [-0.4, -0.2) is 54.6 Å². The highest BCUT2D eigenvalue weighted by molar-refractivity contribution is 5.74. The number of carbonyl (C=O) groups excluding carboxylic acids is 1. The molecule has 2 amide bonds. The maximum atomic E-state index is 12.1. The highest BCUT2D eigenvalue weighted by Gasteiger charge is 2.24. The van der Waals surface area contributed by atoms with Crippen molar-refractivity contribution in [2.75, 3.05) is 26.7 Å². The molecule has 4 nitrogen and oxygen atoms in total. The van der Waals surface area contributed by atoms with Gasteiger partial charge in [-0.3, -0.25) is 0 Å². The van der Waals surface area contributed by atoms with Gasteiger partial charge in [0.05, 0.1) is 0 Å². The molecule has 1 heterocycles. The van der Waals surface area contributed by atoms with Crippen molar-refractivity contribution in [1.82, 2.24) is 15.1 Å². The van der Waals surface area contributed by atoms with Gasteiger partial charge >= 0.3 is 6.03 Å². The number of rotatable bonds is 4. The summed E-state index contributed by atoms with van der Waals surface area (Å²) in [5.41, 5.74) is 0. The topological polar surface area (TPSA) is 35.6 Å². The molecule has 1 atom stereocenters. The van der Waals surface area contributed by atoms with Gasteiger partial charge in [-0.2, -0.15) is 0 Å². The van der Waals surface area contributed by atoms with Crippen LogP contribution in [-0.2, 0) is 0 Å². The molecular weight excluding hydrogens is 202 g/mol. The minimum absolute atomic E-state index is 0.145. The summed E-state index contributed by atoms with van der Waals surface area (Å²) in [6.07, 6.45) is 2.42. The molecule has 0 aromatic heterocycles. The molecular formula is C12H25N3O. The van der Waals surface area contributed by atoms with Crippen LogP contribution in [0.15, 0.2) is 0 Å². The first kappa shape index (κ1) is 13.3. The van der Waals surface area contributed by atoms with Crippen LogP contribution in [0.1, 0.15) is 33.6 Å². The Labute approximate surface area is 99.0 Å². The van der Waals surface area contributed by atoms with Crippen LogP contribution in [0.4, 0.5) is 4.79 Å². The van der Waals surface area contributed by atoms with Gasteiger partial charge in [0.2, 0.25) is 0 Å². The molecule has 1 unspecified atom stereocenters. The first-order chi connectivity index (χ1) is 7.56. The zero-order valence-corrected chi connectivity index (χ0v) is 11.0. The molecule has 0 radical (unpaired) electrons. The van der Waals surface area contributed by atoms with Crippen molar-refractivity contribution in [3.63, 3.8) is 0 Å². The number of amides is 2. The number of hydrogen-bond acceptors (Lipinski definition) is 2. The number of hydrogen-bond donors (Lipinski definition) is 1. The molecule has 1 aliphatic heterocycles. The van der Waals surface area contributed by atoms with Crippen LogP contribution in [0.3, 0.4) is 0 Å². The van der Waals surface area contributed by atoms with Gasteiger partial charge < -0.3 is 15.1 Å². The second-order valence-corrected chi connectivity index (χ2v) is 4.84. The molecule has 0 aromatic rings. The Kier molecular flexibility index (Phi) is 5.06. The summed E-state index contributed by atoms with van der Waals surface area (Å²) in [7, 11) is 1.86. The third-order valence-corrected chi connectivity index (χ3v) is 3.25. The summed E-state index contributed by atoms with van der Waals surface area (Å²) in [5.74, 6) is 0. The van der Waals surface area contributed by atoms with Gasteiger partial charge in [-0.05, 0) is 40.2 Å². The van der Waals surface area contributed by atoms with Crippen molar-refractivity contribution in [2.45, 2.75) is 45.7 Å². The number of carbonyl (C=O) groups is 1. The second-order valence-electron chi connectivity index (χ2n) is 4.84. The monoisotopic (exact) mass is 227 g/mol. The average molecular weight is 227 g/mol. The second kappa shape index (κ2) is 6.09. The third-order valence-electron chi connectivity index (χ3n) is 3.25. The Hall–Kier alpha value is -0.770. The summed E-state index contributed by atoms with van der Waals surface area (Å²) in [5, 5.41) is 3.44. The highest BCUT2D eigenvalue weighted by Crippen LogP contribution is 2.11. The van der Waals surface area contributed by atoms with Gasteiger partial charge in [-0.1, -0.05) is 0 Å². The van der Waals surface area contributed by atoms with Crippen molar-refractivity contribution < 1.29 is 4.79 Å². The fourth-order valence-corrected chi connectivity index (χ4v) is 2.01. The highest BCUT2D eigenvalue weighted by atomic mass is 16.2. The lowest BCUT2D eigenvalue weighted by Crippen LogP contribution is -2.49. The van der Waals surface area contributed by atoms with E-state index in [9.17, 15) is 4.79 Å². The van der Waals surface area contributed by atoms with Crippen LogP contribution in [0.25, 0.3) is 0 Å².